The van der Waals surface area contributed by atoms with Gasteiger partial charge in [-0.3, -0.25) is 4.79 Å². The van der Waals surface area contributed by atoms with Crippen molar-refractivity contribution in [1.29, 1.82) is 0 Å². The molecule has 0 bridgehead atoms. The zero-order chi connectivity index (χ0) is 13.9. The Morgan fingerprint density at radius 2 is 2.16 bits per heavy atom. The lowest BCUT2D eigenvalue weighted by atomic mass is 9.84. The number of benzene rings is 1. The summed E-state index contributed by atoms with van der Waals surface area (Å²) in [7, 11) is 0. The Morgan fingerprint density at radius 3 is 2.79 bits per heavy atom. The normalized spacial score (nSPS) is 11.3. The van der Waals surface area contributed by atoms with Crippen LogP contribution in [0.5, 0.6) is 0 Å². The molecule has 0 spiro atoms. The van der Waals surface area contributed by atoms with E-state index >= 15 is 0 Å². The van der Waals surface area contributed by atoms with Crippen molar-refractivity contribution < 1.29 is 9.21 Å². The Morgan fingerprint density at radius 1 is 1.37 bits per heavy atom. The Labute approximate surface area is 117 Å². The molecule has 0 aliphatic rings. The van der Waals surface area contributed by atoms with Gasteiger partial charge in [-0.1, -0.05) is 37.6 Å². The van der Waals surface area contributed by atoms with Gasteiger partial charge in [-0.15, -0.1) is 0 Å². The molecule has 100 valence electrons. The molecule has 1 N–H and O–H groups in total. The summed E-state index contributed by atoms with van der Waals surface area (Å²) in [5, 5.41) is 3.60. The van der Waals surface area contributed by atoms with Crippen LogP contribution in [0.2, 0.25) is 5.02 Å². The Hall–Kier alpha value is -1.74. The van der Waals surface area contributed by atoms with Crippen molar-refractivity contribution in [2.45, 2.75) is 19.3 Å². The van der Waals surface area contributed by atoms with Crippen LogP contribution in [-0.2, 0) is 5.41 Å². The summed E-state index contributed by atoms with van der Waals surface area (Å²) in [6.07, 6.45) is 2.92. The largest absolute Gasteiger partial charge is 0.472 e. The standard InChI is InChI=1S/C15H16ClNO2/c1-15(2,12-4-3-5-13(16)8-12)10-17-14(18)11-6-7-19-9-11/h3-9H,10H2,1-2H3,(H,17,18). The van der Waals surface area contributed by atoms with Gasteiger partial charge in [-0.25, -0.2) is 0 Å². The Bertz CT molecular complexity index is 561. The minimum Gasteiger partial charge on any atom is -0.472 e. The highest BCUT2D eigenvalue weighted by Crippen LogP contribution is 2.24. The molecule has 1 heterocycles. The van der Waals surface area contributed by atoms with E-state index in [0.29, 0.717) is 17.1 Å². The predicted octanol–water partition coefficient (Wildman–Crippen LogP) is 3.64. The first-order valence-corrected chi connectivity index (χ1v) is 6.43. The summed E-state index contributed by atoms with van der Waals surface area (Å²) in [4.78, 5) is 11.9. The summed E-state index contributed by atoms with van der Waals surface area (Å²) in [6, 6.07) is 9.33. The van der Waals surface area contributed by atoms with Crippen LogP contribution in [0.1, 0.15) is 29.8 Å². The zero-order valence-electron chi connectivity index (χ0n) is 10.9. The maximum atomic E-state index is 11.9. The number of hydrogen-bond acceptors (Lipinski definition) is 2. The van der Waals surface area contributed by atoms with Crippen LogP contribution in [0.15, 0.2) is 47.3 Å². The van der Waals surface area contributed by atoms with Gasteiger partial charge in [0.2, 0.25) is 0 Å². The number of carbonyl (C=O) groups is 1. The predicted molar refractivity (Wildman–Crippen MR) is 75.5 cm³/mol. The van der Waals surface area contributed by atoms with Crippen molar-refractivity contribution in [3.63, 3.8) is 0 Å². The molecule has 0 atom stereocenters. The van der Waals surface area contributed by atoms with Gasteiger partial charge in [-0.05, 0) is 23.8 Å². The fourth-order valence-corrected chi connectivity index (χ4v) is 2.00. The van der Waals surface area contributed by atoms with E-state index in [9.17, 15) is 4.79 Å². The lowest BCUT2D eigenvalue weighted by Crippen LogP contribution is -2.36. The number of halogens is 1. The van der Waals surface area contributed by atoms with Gasteiger partial charge < -0.3 is 9.73 Å². The summed E-state index contributed by atoms with van der Waals surface area (Å²) in [6.45, 7) is 4.65. The first kappa shape index (κ1) is 13.7. The van der Waals surface area contributed by atoms with Gasteiger partial charge in [0.05, 0.1) is 11.8 Å². The Kier molecular flexibility index (Phi) is 3.96. The van der Waals surface area contributed by atoms with Gasteiger partial charge in [0, 0.05) is 17.0 Å². The summed E-state index contributed by atoms with van der Waals surface area (Å²) in [5.74, 6) is -0.135. The van der Waals surface area contributed by atoms with Crippen LogP contribution in [0, 0.1) is 0 Å². The minimum atomic E-state index is -0.190. The van der Waals surface area contributed by atoms with E-state index < -0.39 is 0 Å². The van der Waals surface area contributed by atoms with Crippen molar-refractivity contribution in [3.8, 4) is 0 Å². The van der Waals surface area contributed by atoms with Gasteiger partial charge in [0.25, 0.3) is 5.91 Å². The molecule has 0 radical (unpaired) electrons. The lowest BCUT2D eigenvalue weighted by Gasteiger charge is -2.25. The van der Waals surface area contributed by atoms with E-state index in [1.807, 2.05) is 24.3 Å². The highest BCUT2D eigenvalue weighted by molar-refractivity contribution is 6.30. The fraction of sp³-hybridized carbons (Fsp3) is 0.267. The third kappa shape index (κ3) is 3.38. The minimum absolute atomic E-state index is 0.135. The van der Waals surface area contributed by atoms with E-state index in [1.165, 1.54) is 12.5 Å². The summed E-state index contributed by atoms with van der Waals surface area (Å²) in [5.41, 5.74) is 1.43. The van der Waals surface area contributed by atoms with Crippen LogP contribution >= 0.6 is 11.6 Å². The van der Waals surface area contributed by atoms with Crippen molar-refractivity contribution in [2.24, 2.45) is 0 Å². The molecule has 19 heavy (non-hydrogen) atoms. The zero-order valence-corrected chi connectivity index (χ0v) is 11.7. The molecule has 0 saturated heterocycles. The van der Waals surface area contributed by atoms with Crippen molar-refractivity contribution in [2.75, 3.05) is 6.54 Å². The Balaban J connectivity index is 2.03. The number of nitrogens with one attached hydrogen (secondary N) is 1. The third-order valence-electron chi connectivity index (χ3n) is 3.08. The summed E-state index contributed by atoms with van der Waals surface area (Å²) < 4.78 is 4.89. The molecule has 2 aromatic rings. The molecule has 1 aromatic heterocycles. The first-order valence-electron chi connectivity index (χ1n) is 6.05. The van der Waals surface area contributed by atoms with Gasteiger partial charge in [-0.2, -0.15) is 0 Å². The van der Waals surface area contributed by atoms with E-state index in [1.54, 1.807) is 6.07 Å². The molecule has 4 heteroatoms. The van der Waals surface area contributed by atoms with Gasteiger partial charge in [0.1, 0.15) is 6.26 Å². The van der Waals surface area contributed by atoms with Gasteiger partial charge in [0.15, 0.2) is 0 Å². The number of carbonyl (C=O) groups excluding carboxylic acids is 1. The van der Waals surface area contributed by atoms with Crippen molar-refractivity contribution in [3.05, 3.63) is 59.0 Å². The second-order valence-corrected chi connectivity index (χ2v) is 5.53. The fourth-order valence-electron chi connectivity index (χ4n) is 1.81. The molecule has 0 aliphatic carbocycles. The van der Waals surface area contributed by atoms with Crippen LogP contribution in [-0.4, -0.2) is 12.5 Å². The highest BCUT2D eigenvalue weighted by atomic mass is 35.5. The molecule has 0 aliphatic heterocycles. The molecule has 0 fully saturated rings. The third-order valence-corrected chi connectivity index (χ3v) is 3.32. The highest BCUT2D eigenvalue weighted by Gasteiger charge is 2.22. The molecule has 1 amide bonds. The average Bonchev–Trinajstić information content (AvgIpc) is 2.90. The summed E-state index contributed by atoms with van der Waals surface area (Å²) >= 11 is 6.00. The van der Waals surface area contributed by atoms with E-state index in [2.05, 4.69) is 19.2 Å². The van der Waals surface area contributed by atoms with E-state index in [0.717, 1.165) is 5.56 Å². The topological polar surface area (TPSA) is 42.2 Å². The van der Waals surface area contributed by atoms with Crippen LogP contribution in [0.4, 0.5) is 0 Å². The lowest BCUT2D eigenvalue weighted by molar-refractivity contribution is 0.0945. The smallest absolute Gasteiger partial charge is 0.254 e. The molecule has 3 nitrogen and oxygen atoms in total. The molecule has 2 rings (SSSR count). The second-order valence-electron chi connectivity index (χ2n) is 5.09. The maximum absolute atomic E-state index is 11.9. The molecular weight excluding hydrogens is 262 g/mol. The van der Waals surface area contributed by atoms with Crippen LogP contribution in [0.3, 0.4) is 0 Å². The maximum Gasteiger partial charge on any atom is 0.254 e. The molecule has 0 unspecified atom stereocenters. The van der Waals surface area contributed by atoms with E-state index in [-0.39, 0.29) is 11.3 Å². The second kappa shape index (κ2) is 5.49. The van der Waals surface area contributed by atoms with Crippen molar-refractivity contribution in [1.82, 2.24) is 5.32 Å². The molecule has 0 saturated carbocycles. The quantitative estimate of drug-likeness (QED) is 0.927. The molecular formula is C15H16ClNO2. The van der Waals surface area contributed by atoms with Crippen molar-refractivity contribution >= 4 is 17.5 Å². The number of amides is 1. The van der Waals surface area contributed by atoms with E-state index in [4.69, 9.17) is 16.0 Å². The van der Waals surface area contributed by atoms with Gasteiger partial charge >= 0.3 is 0 Å². The van der Waals surface area contributed by atoms with Crippen LogP contribution < -0.4 is 5.32 Å². The number of rotatable bonds is 4. The first-order chi connectivity index (χ1) is 8.99. The number of furan rings is 1. The SMILES string of the molecule is CC(C)(CNC(=O)c1ccoc1)c1cccc(Cl)c1. The molecule has 1 aromatic carbocycles. The average molecular weight is 278 g/mol. The van der Waals surface area contributed by atoms with Crippen LogP contribution in [0.25, 0.3) is 0 Å². The monoisotopic (exact) mass is 277 g/mol. The number of hydrogen-bond donors (Lipinski definition) is 1.